The highest BCUT2D eigenvalue weighted by atomic mass is 16.5. The summed E-state index contributed by atoms with van der Waals surface area (Å²) < 4.78 is 7.46. The average molecular weight is 355 g/mol. The van der Waals surface area contributed by atoms with Crippen LogP contribution in [0.25, 0.3) is 0 Å². The van der Waals surface area contributed by atoms with E-state index in [0.29, 0.717) is 12.5 Å². The topological polar surface area (TPSA) is 54.7 Å². The van der Waals surface area contributed by atoms with Gasteiger partial charge in [0.25, 0.3) is 0 Å². The van der Waals surface area contributed by atoms with Crippen molar-refractivity contribution in [3.63, 3.8) is 0 Å². The maximum absolute atomic E-state index is 5.58. The minimum absolute atomic E-state index is 0.521. The molecular formula is C20H29N5O. The molecule has 26 heavy (non-hydrogen) atoms. The highest BCUT2D eigenvalue weighted by molar-refractivity contribution is 5.80. The molecule has 1 saturated heterocycles. The van der Waals surface area contributed by atoms with Crippen LogP contribution in [0.2, 0.25) is 0 Å². The molecule has 2 heterocycles. The summed E-state index contributed by atoms with van der Waals surface area (Å²) in [6.45, 7) is 6.15. The fraction of sp³-hybridized carbons (Fsp3) is 0.500. The molecule has 1 aliphatic heterocycles. The molecule has 6 heteroatoms. The van der Waals surface area contributed by atoms with Gasteiger partial charge in [0.2, 0.25) is 0 Å². The van der Waals surface area contributed by atoms with Crippen molar-refractivity contribution in [2.45, 2.75) is 32.4 Å². The fourth-order valence-electron chi connectivity index (χ4n) is 3.47. The van der Waals surface area contributed by atoms with Crippen molar-refractivity contribution in [3.8, 4) is 0 Å². The molecule has 140 valence electrons. The summed E-state index contributed by atoms with van der Waals surface area (Å²) in [7, 11) is 3.82. The molecule has 6 nitrogen and oxygen atoms in total. The van der Waals surface area contributed by atoms with E-state index in [9.17, 15) is 0 Å². The number of aliphatic imine (C=N–C) groups is 1. The lowest BCUT2D eigenvalue weighted by Gasteiger charge is -2.22. The molecule has 0 saturated carbocycles. The van der Waals surface area contributed by atoms with Crippen LogP contribution >= 0.6 is 0 Å². The van der Waals surface area contributed by atoms with Gasteiger partial charge in [0.1, 0.15) is 0 Å². The number of likely N-dealkylation sites (tertiary alicyclic amines) is 1. The number of benzene rings is 1. The Labute approximate surface area is 155 Å². The average Bonchev–Trinajstić information content (AvgIpc) is 3.30. The Balaban J connectivity index is 1.59. The highest BCUT2D eigenvalue weighted by Crippen LogP contribution is 2.26. The zero-order chi connectivity index (χ0) is 18.4. The van der Waals surface area contributed by atoms with E-state index in [-0.39, 0.29) is 0 Å². The third-order valence-electron chi connectivity index (χ3n) is 4.91. The molecule has 1 aromatic heterocycles. The van der Waals surface area contributed by atoms with E-state index in [1.54, 1.807) is 0 Å². The molecule has 2 aromatic rings. The first kappa shape index (κ1) is 18.5. The zero-order valence-electron chi connectivity index (χ0n) is 16.0. The van der Waals surface area contributed by atoms with E-state index >= 15 is 0 Å². The summed E-state index contributed by atoms with van der Waals surface area (Å²) in [5.74, 6) is 1.48. The van der Waals surface area contributed by atoms with E-state index in [1.807, 2.05) is 31.9 Å². The van der Waals surface area contributed by atoms with Crippen LogP contribution in [0.3, 0.4) is 0 Å². The zero-order valence-corrected chi connectivity index (χ0v) is 16.0. The number of rotatable bonds is 6. The Morgan fingerprint density at radius 2 is 2.15 bits per heavy atom. The van der Waals surface area contributed by atoms with Crippen LogP contribution < -0.4 is 5.32 Å². The summed E-state index contributed by atoms with van der Waals surface area (Å²) >= 11 is 0. The Morgan fingerprint density at radius 1 is 1.35 bits per heavy atom. The highest BCUT2D eigenvalue weighted by Gasteiger charge is 2.26. The Hall–Kier alpha value is -2.34. The second kappa shape index (κ2) is 8.85. The van der Waals surface area contributed by atoms with Gasteiger partial charge in [-0.1, -0.05) is 24.3 Å². The predicted molar refractivity (Wildman–Crippen MR) is 104 cm³/mol. The maximum Gasteiger partial charge on any atom is 0.193 e. The van der Waals surface area contributed by atoms with Crippen LogP contribution in [0.4, 0.5) is 0 Å². The van der Waals surface area contributed by atoms with Gasteiger partial charge in [0.05, 0.1) is 12.8 Å². The number of nitrogens with zero attached hydrogens (tertiary/aromatic N) is 4. The van der Waals surface area contributed by atoms with Crippen molar-refractivity contribution in [2.24, 2.45) is 12.0 Å². The molecule has 1 fully saturated rings. The molecule has 0 radical (unpaired) electrons. The number of ether oxygens (including phenoxy) is 1. The van der Waals surface area contributed by atoms with Gasteiger partial charge >= 0.3 is 0 Å². The Bertz CT molecular complexity index is 739. The van der Waals surface area contributed by atoms with Crippen molar-refractivity contribution in [2.75, 3.05) is 26.7 Å². The molecule has 0 bridgehead atoms. The van der Waals surface area contributed by atoms with Gasteiger partial charge in [-0.2, -0.15) is 5.10 Å². The summed E-state index contributed by atoms with van der Waals surface area (Å²) in [6, 6.07) is 8.41. The van der Waals surface area contributed by atoms with Crippen LogP contribution in [0, 0.1) is 0 Å². The molecule has 0 aliphatic carbocycles. The van der Waals surface area contributed by atoms with Crippen molar-refractivity contribution in [1.29, 1.82) is 0 Å². The summed E-state index contributed by atoms with van der Waals surface area (Å²) in [6.07, 6.45) is 5.23. The quantitative estimate of drug-likeness (QED) is 0.639. The van der Waals surface area contributed by atoms with Crippen molar-refractivity contribution >= 4 is 5.96 Å². The normalized spacial score (nSPS) is 17.7. The maximum atomic E-state index is 5.58. The van der Waals surface area contributed by atoms with Gasteiger partial charge in [-0.25, -0.2) is 0 Å². The van der Waals surface area contributed by atoms with Crippen molar-refractivity contribution in [3.05, 3.63) is 53.3 Å². The van der Waals surface area contributed by atoms with Crippen LogP contribution in [0.1, 0.15) is 36.0 Å². The number of hydrogen-bond acceptors (Lipinski definition) is 3. The third kappa shape index (κ3) is 4.43. The monoisotopic (exact) mass is 355 g/mol. The van der Waals surface area contributed by atoms with Crippen LogP contribution in [0.15, 0.2) is 41.7 Å². The molecule has 0 spiro atoms. The second-order valence-corrected chi connectivity index (χ2v) is 6.69. The van der Waals surface area contributed by atoms with Crippen LogP contribution in [-0.4, -0.2) is 47.4 Å². The number of nitrogens with one attached hydrogen (secondary N) is 1. The van der Waals surface area contributed by atoms with Gasteiger partial charge in [-0.3, -0.25) is 9.67 Å². The Morgan fingerprint density at radius 3 is 2.85 bits per heavy atom. The number of aromatic nitrogens is 2. The van der Waals surface area contributed by atoms with E-state index in [1.165, 1.54) is 16.7 Å². The first-order chi connectivity index (χ1) is 12.7. The van der Waals surface area contributed by atoms with Crippen molar-refractivity contribution in [1.82, 2.24) is 20.0 Å². The van der Waals surface area contributed by atoms with E-state index in [2.05, 4.69) is 50.8 Å². The van der Waals surface area contributed by atoms with Gasteiger partial charge in [0.15, 0.2) is 5.96 Å². The molecule has 1 aromatic carbocycles. The van der Waals surface area contributed by atoms with Crippen LogP contribution in [0.5, 0.6) is 0 Å². The van der Waals surface area contributed by atoms with Gasteiger partial charge < -0.3 is 15.0 Å². The minimum Gasteiger partial charge on any atom is -0.377 e. The van der Waals surface area contributed by atoms with Crippen molar-refractivity contribution < 1.29 is 4.74 Å². The lowest BCUT2D eigenvalue weighted by Crippen LogP contribution is -2.39. The summed E-state index contributed by atoms with van der Waals surface area (Å²) in [5, 5.41) is 7.82. The smallest absolute Gasteiger partial charge is 0.193 e. The summed E-state index contributed by atoms with van der Waals surface area (Å²) in [5.41, 5.74) is 3.80. The van der Waals surface area contributed by atoms with Gasteiger partial charge in [-0.05, 0) is 30.0 Å². The van der Waals surface area contributed by atoms with Gasteiger partial charge in [0, 0.05) is 52.5 Å². The number of aryl methyl sites for hydroxylation is 1. The molecule has 1 aliphatic rings. The SMILES string of the molecule is CCOCc1ccccc1CNC(=NC)N1CCC(c2cnn(C)c2)C1. The minimum atomic E-state index is 0.521. The second-order valence-electron chi connectivity index (χ2n) is 6.69. The molecule has 1 atom stereocenters. The first-order valence-electron chi connectivity index (χ1n) is 9.30. The van der Waals surface area contributed by atoms with Gasteiger partial charge in [-0.15, -0.1) is 0 Å². The molecule has 1 N–H and O–H groups in total. The lowest BCUT2D eigenvalue weighted by molar-refractivity contribution is 0.133. The third-order valence-corrected chi connectivity index (χ3v) is 4.91. The number of hydrogen-bond donors (Lipinski definition) is 1. The van der Waals surface area contributed by atoms with E-state index < -0.39 is 0 Å². The number of guanidine groups is 1. The van der Waals surface area contributed by atoms with Crippen LogP contribution in [-0.2, 0) is 24.9 Å². The lowest BCUT2D eigenvalue weighted by atomic mass is 10.0. The largest absolute Gasteiger partial charge is 0.377 e. The molecule has 1 unspecified atom stereocenters. The van der Waals surface area contributed by atoms with E-state index in [4.69, 9.17) is 4.74 Å². The Kier molecular flexibility index (Phi) is 6.28. The predicted octanol–water partition coefficient (Wildman–Crippen LogP) is 2.52. The first-order valence-corrected chi connectivity index (χ1v) is 9.30. The summed E-state index contributed by atoms with van der Waals surface area (Å²) in [4.78, 5) is 6.83. The molecule has 0 amide bonds. The van der Waals surface area contributed by atoms with E-state index in [0.717, 1.165) is 38.6 Å². The standard InChI is InChI=1S/C20H29N5O/c1-4-26-15-18-8-6-5-7-16(18)11-22-20(21-2)25-10-9-17(14-25)19-12-23-24(3)13-19/h5-8,12-13,17H,4,9-11,14-15H2,1-3H3,(H,21,22). The molecule has 3 rings (SSSR count). The fourth-order valence-corrected chi connectivity index (χ4v) is 3.47. The molecular weight excluding hydrogens is 326 g/mol.